The summed E-state index contributed by atoms with van der Waals surface area (Å²) in [6.45, 7) is 2.90. The Bertz CT molecular complexity index is 634. The Hall–Kier alpha value is -1.71. The first kappa shape index (κ1) is 13.3. The van der Waals surface area contributed by atoms with Crippen LogP contribution in [0, 0.1) is 6.92 Å². The van der Waals surface area contributed by atoms with Gasteiger partial charge in [-0.1, -0.05) is 60.2 Å². The van der Waals surface area contributed by atoms with Crippen molar-refractivity contribution in [3.05, 3.63) is 71.8 Å². The lowest BCUT2D eigenvalue weighted by Gasteiger charge is -2.02. The fourth-order valence-electron chi connectivity index (χ4n) is 2.06. The van der Waals surface area contributed by atoms with E-state index in [2.05, 4.69) is 24.3 Å². The van der Waals surface area contributed by atoms with Gasteiger partial charge in [0.05, 0.1) is 10.9 Å². The molecule has 3 atom stereocenters. The Labute approximate surface area is 122 Å². The van der Waals surface area contributed by atoms with Crippen molar-refractivity contribution < 1.29 is 4.21 Å². The van der Waals surface area contributed by atoms with Crippen LogP contribution in [0.2, 0.25) is 0 Å². The van der Waals surface area contributed by atoms with E-state index in [1.165, 1.54) is 11.1 Å². The van der Waals surface area contributed by atoms with Gasteiger partial charge in [0.2, 0.25) is 0 Å². The summed E-state index contributed by atoms with van der Waals surface area (Å²) >= 11 is 0. The van der Waals surface area contributed by atoms with Crippen LogP contribution in [-0.2, 0) is 11.0 Å². The molecule has 3 heteroatoms. The summed E-state index contributed by atoms with van der Waals surface area (Å²) in [5.41, 5.74) is 2.37. The maximum Gasteiger partial charge on any atom is 0.128 e. The molecule has 1 fully saturated rings. The van der Waals surface area contributed by atoms with Gasteiger partial charge in [-0.05, 0) is 24.6 Å². The monoisotopic (exact) mass is 283 g/mol. The maximum atomic E-state index is 12.3. The zero-order chi connectivity index (χ0) is 13.9. The van der Waals surface area contributed by atoms with Gasteiger partial charge < -0.3 is 0 Å². The molecule has 2 unspecified atom stereocenters. The summed E-state index contributed by atoms with van der Waals surface area (Å²) in [5.74, 6) is 0. The van der Waals surface area contributed by atoms with Gasteiger partial charge in [0.15, 0.2) is 0 Å². The van der Waals surface area contributed by atoms with Crippen molar-refractivity contribution in [3.8, 4) is 0 Å². The first-order valence-electron chi connectivity index (χ1n) is 6.72. The molecule has 0 radical (unpaired) electrons. The highest BCUT2D eigenvalue weighted by molar-refractivity contribution is 7.83. The van der Waals surface area contributed by atoms with E-state index in [-0.39, 0.29) is 6.04 Å². The third-order valence-electron chi connectivity index (χ3n) is 3.35. The zero-order valence-electron chi connectivity index (χ0n) is 11.4. The molecule has 0 N–H and O–H groups in total. The number of rotatable bonds is 4. The fraction of sp³-hybridized carbons (Fsp3) is 0.176. The number of aryl methyl sites for hydroxylation is 1. The summed E-state index contributed by atoms with van der Waals surface area (Å²) in [6.07, 6.45) is 4.22. The van der Waals surface area contributed by atoms with E-state index in [4.69, 9.17) is 0 Å². The molecule has 0 bridgehead atoms. The SMILES string of the molecule is Cc1ccc([S@](=O)N2CC2/C=C/c2ccccc2)cc1. The number of nitrogens with zero attached hydrogens (tertiary/aromatic N) is 1. The molecular weight excluding hydrogens is 266 g/mol. The molecule has 1 aliphatic heterocycles. The molecule has 2 nitrogen and oxygen atoms in total. The normalized spacial score (nSPS) is 22.9. The second-order valence-corrected chi connectivity index (χ2v) is 6.44. The van der Waals surface area contributed by atoms with Crippen LogP contribution in [0.3, 0.4) is 0 Å². The molecule has 0 saturated carbocycles. The Balaban J connectivity index is 1.63. The Morgan fingerprint density at radius 2 is 1.80 bits per heavy atom. The van der Waals surface area contributed by atoms with E-state index < -0.39 is 11.0 Å². The Morgan fingerprint density at radius 1 is 1.10 bits per heavy atom. The quantitative estimate of drug-likeness (QED) is 0.787. The van der Waals surface area contributed by atoms with Gasteiger partial charge in [-0.2, -0.15) is 0 Å². The summed E-state index contributed by atoms with van der Waals surface area (Å²) in [4.78, 5) is 0.881. The second-order valence-electron chi connectivity index (χ2n) is 5.00. The Morgan fingerprint density at radius 3 is 2.50 bits per heavy atom. The van der Waals surface area contributed by atoms with Crippen LogP contribution >= 0.6 is 0 Å². The topological polar surface area (TPSA) is 20.1 Å². The molecule has 1 aliphatic rings. The van der Waals surface area contributed by atoms with E-state index >= 15 is 0 Å². The highest BCUT2D eigenvalue weighted by Gasteiger charge is 2.37. The molecular formula is C17H17NOS. The molecule has 20 heavy (non-hydrogen) atoms. The highest BCUT2D eigenvalue weighted by Crippen LogP contribution is 2.26. The second kappa shape index (κ2) is 5.73. The molecule has 102 valence electrons. The lowest BCUT2D eigenvalue weighted by atomic mass is 10.2. The minimum absolute atomic E-state index is 0.289. The van der Waals surface area contributed by atoms with Crippen molar-refractivity contribution in [1.82, 2.24) is 4.31 Å². The summed E-state index contributed by atoms with van der Waals surface area (Å²) in [6, 6.07) is 18.4. The lowest BCUT2D eigenvalue weighted by molar-refractivity contribution is 0.652. The molecule has 2 aromatic rings. The fourth-order valence-corrected chi connectivity index (χ4v) is 3.31. The van der Waals surface area contributed by atoms with E-state index in [0.717, 1.165) is 11.4 Å². The first-order valence-corrected chi connectivity index (χ1v) is 7.83. The van der Waals surface area contributed by atoms with Gasteiger partial charge in [0.25, 0.3) is 0 Å². The van der Waals surface area contributed by atoms with Crippen molar-refractivity contribution in [2.75, 3.05) is 6.54 Å². The minimum Gasteiger partial charge on any atom is -0.237 e. The van der Waals surface area contributed by atoms with Crippen LogP contribution < -0.4 is 0 Å². The van der Waals surface area contributed by atoms with Crippen LogP contribution in [0.4, 0.5) is 0 Å². The highest BCUT2D eigenvalue weighted by atomic mass is 32.2. The largest absolute Gasteiger partial charge is 0.237 e. The zero-order valence-corrected chi connectivity index (χ0v) is 12.2. The van der Waals surface area contributed by atoms with Crippen LogP contribution in [0.5, 0.6) is 0 Å². The first-order chi connectivity index (χ1) is 9.74. The van der Waals surface area contributed by atoms with E-state index in [9.17, 15) is 4.21 Å². The van der Waals surface area contributed by atoms with Crippen molar-refractivity contribution in [3.63, 3.8) is 0 Å². The average molecular weight is 283 g/mol. The predicted molar refractivity (Wildman–Crippen MR) is 83.6 cm³/mol. The maximum absolute atomic E-state index is 12.3. The molecule has 1 saturated heterocycles. The smallest absolute Gasteiger partial charge is 0.128 e. The molecule has 3 rings (SSSR count). The minimum atomic E-state index is -1.04. The van der Waals surface area contributed by atoms with Crippen molar-refractivity contribution >= 4 is 17.1 Å². The summed E-state index contributed by atoms with van der Waals surface area (Å²) in [5, 5.41) is 0. The summed E-state index contributed by atoms with van der Waals surface area (Å²) in [7, 11) is -1.04. The third-order valence-corrected chi connectivity index (χ3v) is 4.87. The standard InChI is InChI=1S/C17H17NOS/c1-14-7-11-17(12-8-14)20(19)18-13-16(18)10-9-15-5-3-2-4-6-15/h2-12,16H,13H2,1H3/b10-9+/t16?,18?,20-/m0/s1. The Kier molecular flexibility index (Phi) is 3.81. The molecule has 0 aliphatic carbocycles. The van der Waals surface area contributed by atoms with Crippen LogP contribution in [-0.4, -0.2) is 21.1 Å². The number of benzene rings is 2. The van der Waals surface area contributed by atoms with Gasteiger partial charge in [0, 0.05) is 6.54 Å². The molecule has 1 heterocycles. The van der Waals surface area contributed by atoms with Gasteiger partial charge in [-0.25, -0.2) is 8.51 Å². The lowest BCUT2D eigenvalue weighted by Crippen LogP contribution is -2.05. The number of hydrogen-bond donors (Lipinski definition) is 0. The number of hydrogen-bond acceptors (Lipinski definition) is 1. The van der Waals surface area contributed by atoms with Crippen molar-refractivity contribution in [2.24, 2.45) is 0 Å². The third kappa shape index (κ3) is 3.06. The van der Waals surface area contributed by atoms with Crippen LogP contribution in [0.25, 0.3) is 6.08 Å². The molecule has 0 spiro atoms. The van der Waals surface area contributed by atoms with Crippen LogP contribution in [0.1, 0.15) is 11.1 Å². The van der Waals surface area contributed by atoms with Gasteiger partial charge in [-0.15, -0.1) is 0 Å². The predicted octanol–water partition coefficient (Wildman–Crippen LogP) is 3.42. The molecule has 0 aromatic heterocycles. The van der Waals surface area contributed by atoms with Gasteiger partial charge in [0.1, 0.15) is 11.0 Å². The average Bonchev–Trinajstić information content (AvgIpc) is 3.26. The molecule has 0 amide bonds. The summed E-state index contributed by atoms with van der Waals surface area (Å²) < 4.78 is 14.3. The van der Waals surface area contributed by atoms with E-state index in [1.54, 1.807) is 0 Å². The van der Waals surface area contributed by atoms with Crippen LogP contribution in [0.15, 0.2) is 65.6 Å². The van der Waals surface area contributed by atoms with E-state index in [0.29, 0.717) is 0 Å². The van der Waals surface area contributed by atoms with Gasteiger partial charge in [-0.3, -0.25) is 0 Å². The van der Waals surface area contributed by atoms with Gasteiger partial charge >= 0.3 is 0 Å². The van der Waals surface area contributed by atoms with E-state index in [1.807, 2.05) is 53.7 Å². The van der Waals surface area contributed by atoms with Crippen molar-refractivity contribution in [2.45, 2.75) is 17.9 Å². The molecule has 2 aromatic carbocycles. The van der Waals surface area contributed by atoms with Crippen molar-refractivity contribution in [1.29, 1.82) is 0 Å².